The van der Waals surface area contributed by atoms with E-state index in [4.69, 9.17) is 21.1 Å². The molecule has 2 aromatic carbocycles. The first-order valence-corrected chi connectivity index (χ1v) is 11.7. The SMILES string of the molecule is CCCCc1nc(O)c(Cc2ccn(-c3ccc(Cl)cc3)n2)c(=O)n1-c1c(OC)cccc1OC. The molecule has 4 aromatic rings. The fourth-order valence-electron chi connectivity index (χ4n) is 3.90. The van der Waals surface area contributed by atoms with Crippen LogP contribution in [0.15, 0.2) is 59.5 Å². The van der Waals surface area contributed by atoms with E-state index in [1.807, 2.05) is 12.1 Å². The van der Waals surface area contributed by atoms with Crippen LogP contribution < -0.4 is 15.0 Å². The Kier molecular flexibility index (Phi) is 7.41. The molecule has 1 N–H and O–H groups in total. The summed E-state index contributed by atoms with van der Waals surface area (Å²) in [6.07, 6.45) is 4.11. The van der Waals surface area contributed by atoms with Gasteiger partial charge in [-0.2, -0.15) is 10.1 Å². The van der Waals surface area contributed by atoms with Gasteiger partial charge in [0.2, 0.25) is 5.88 Å². The molecule has 0 atom stereocenters. The molecule has 2 aromatic heterocycles. The third-order valence-electron chi connectivity index (χ3n) is 5.70. The lowest BCUT2D eigenvalue weighted by Gasteiger charge is -2.19. The highest BCUT2D eigenvalue weighted by atomic mass is 35.5. The van der Waals surface area contributed by atoms with Gasteiger partial charge in [0.25, 0.3) is 5.56 Å². The maximum absolute atomic E-state index is 13.8. The van der Waals surface area contributed by atoms with Crippen LogP contribution in [0.3, 0.4) is 0 Å². The highest BCUT2D eigenvalue weighted by Crippen LogP contribution is 2.33. The van der Waals surface area contributed by atoms with Crippen molar-refractivity contribution < 1.29 is 14.6 Å². The molecule has 0 aliphatic rings. The Balaban J connectivity index is 1.82. The average Bonchev–Trinajstić information content (AvgIpc) is 3.34. The Morgan fingerprint density at radius 2 is 1.71 bits per heavy atom. The molecular formula is C26H27ClN4O4. The molecule has 0 amide bonds. The third kappa shape index (κ3) is 5.02. The summed E-state index contributed by atoms with van der Waals surface area (Å²) in [5.74, 6) is 1.07. The molecule has 2 heterocycles. The molecule has 0 aliphatic carbocycles. The van der Waals surface area contributed by atoms with Crippen molar-refractivity contribution in [2.45, 2.75) is 32.6 Å². The molecule has 35 heavy (non-hydrogen) atoms. The maximum atomic E-state index is 13.8. The molecule has 0 spiro atoms. The number of nitrogens with zero attached hydrogens (tertiary/aromatic N) is 4. The quantitative estimate of drug-likeness (QED) is 0.362. The Bertz CT molecular complexity index is 1360. The molecular weight excluding hydrogens is 468 g/mol. The van der Waals surface area contributed by atoms with Gasteiger partial charge in [0.05, 0.1) is 31.2 Å². The number of rotatable bonds is 9. The number of aromatic hydroxyl groups is 1. The number of unbranched alkanes of at least 4 members (excludes halogenated alkanes) is 1. The summed E-state index contributed by atoms with van der Waals surface area (Å²) < 4.78 is 14.3. The standard InChI is InChI=1S/C26H27ClN4O4/c1-4-5-9-23-28-25(32)20(16-18-14-15-30(29-18)19-12-10-17(27)11-13-19)26(33)31(23)24-21(34-2)7-6-8-22(24)35-3/h6-8,10-15,32H,4-5,9,16H2,1-3H3. The van der Waals surface area contributed by atoms with E-state index in [1.54, 1.807) is 47.3 Å². The summed E-state index contributed by atoms with van der Waals surface area (Å²) >= 11 is 5.98. The second kappa shape index (κ2) is 10.7. The van der Waals surface area contributed by atoms with Crippen LogP contribution in [-0.2, 0) is 12.8 Å². The molecule has 0 aliphatic heterocycles. The molecule has 182 valence electrons. The van der Waals surface area contributed by atoms with Gasteiger partial charge < -0.3 is 14.6 Å². The van der Waals surface area contributed by atoms with Crippen molar-refractivity contribution in [3.8, 4) is 28.8 Å². The summed E-state index contributed by atoms with van der Waals surface area (Å²) in [5.41, 5.74) is 1.63. The summed E-state index contributed by atoms with van der Waals surface area (Å²) in [4.78, 5) is 18.3. The zero-order valence-corrected chi connectivity index (χ0v) is 20.6. The number of hydrogen-bond acceptors (Lipinski definition) is 6. The fourth-order valence-corrected chi connectivity index (χ4v) is 4.03. The van der Waals surface area contributed by atoms with E-state index in [0.717, 1.165) is 18.5 Å². The largest absolute Gasteiger partial charge is 0.494 e. The van der Waals surface area contributed by atoms with Crippen LogP contribution in [0.5, 0.6) is 17.4 Å². The van der Waals surface area contributed by atoms with E-state index in [1.165, 1.54) is 18.8 Å². The van der Waals surface area contributed by atoms with Crippen LogP contribution >= 0.6 is 11.6 Å². The highest BCUT2D eigenvalue weighted by Gasteiger charge is 2.23. The fraction of sp³-hybridized carbons (Fsp3) is 0.269. The highest BCUT2D eigenvalue weighted by molar-refractivity contribution is 6.30. The van der Waals surface area contributed by atoms with E-state index >= 15 is 0 Å². The Morgan fingerprint density at radius 1 is 1.03 bits per heavy atom. The van der Waals surface area contributed by atoms with Crippen LogP contribution in [-0.4, -0.2) is 38.7 Å². The van der Waals surface area contributed by atoms with Crippen molar-refractivity contribution in [3.05, 3.63) is 87.2 Å². The maximum Gasteiger partial charge on any atom is 0.265 e. The molecule has 0 fully saturated rings. The van der Waals surface area contributed by atoms with Crippen LogP contribution in [0.25, 0.3) is 11.4 Å². The number of aryl methyl sites for hydroxylation is 1. The van der Waals surface area contributed by atoms with E-state index < -0.39 is 5.56 Å². The van der Waals surface area contributed by atoms with Crippen molar-refractivity contribution in [2.75, 3.05) is 14.2 Å². The van der Waals surface area contributed by atoms with Crippen molar-refractivity contribution in [1.29, 1.82) is 0 Å². The minimum absolute atomic E-state index is 0.101. The predicted octanol–water partition coefficient (Wildman–Crippen LogP) is 4.73. The monoisotopic (exact) mass is 494 g/mol. The Hall–Kier alpha value is -3.78. The first-order valence-electron chi connectivity index (χ1n) is 11.3. The number of benzene rings is 2. The zero-order chi connectivity index (χ0) is 24.9. The average molecular weight is 495 g/mol. The number of aromatic nitrogens is 4. The smallest absolute Gasteiger partial charge is 0.265 e. The lowest BCUT2D eigenvalue weighted by Crippen LogP contribution is -2.28. The molecule has 9 heteroatoms. The van der Waals surface area contributed by atoms with E-state index in [9.17, 15) is 9.90 Å². The molecule has 8 nitrogen and oxygen atoms in total. The van der Waals surface area contributed by atoms with E-state index in [-0.39, 0.29) is 17.9 Å². The van der Waals surface area contributed by atoms with Crippen LogP contribution in [0.4, 0.5) is 0 Å². The normalized spacial score (nSPS) is 11.0. The van der Waals surface area contributed by atoms with Crippen LogP contribution in [0.2, 0.25) is 5.02 Å². The van der Waals surface area contributed by atoms with Crippen molar-refractivity contribution in [2.24, 2.45) is 0 Å². The molecule has 0 saturated carbocycles. The lowest BCUT2D eigenvalue weighted by atomic mass is 10.1. The minimum Gasteiger partial charge on any atom is -0.494 e. The van der Waals surface area contributed by atoms with Gasteiger partial charge in [0.15, 0.2) is 0 Å². The topological polar surface area (TPSA) is 91.4 Å². The number of methoxy groups -OCH3 is 2. The molecule has 0 saturated heterocycles. The zero-order valence-electron chi connectivity index (χ0n) is 19.9. The molecule has 4 rings (SSSR count). The summed E-state index contributed by atoms with van der Waals surface area (Å²) in [5, 5.41) is 16.0. The number of hydrogen-bond donors (Lipinski definition) is 1. The summed E-state index contributed by atoms with van der Waals surface area (Å²) in [6.45, 7) is 2.05. The van der Waals surface area contributed by atoms with Crippen molar-refractivity contribution in [1.82, 2.24) is 19.3 Å². The number of ether oxygens (including phenoxy) is 2. The van der Waals surface area contributed by atoms with Crippen LogP contribution in [0.1, 0.15) is 36.8 Å². The third-order valence-corrected chi connectivity index (χ3v) is 5.95. The number of para-hydroxylation sites is 1. The van der Waals surface area contributed by atoms with Crippen molar-refractivity contribution in [3.63, 3.8) is 0 Å². The van der Waals surface area contributed by atoms with E-state index in [2.05, 4.69) is 17.0 Å². The van der Waals surface area contributed by atoms with Crippen LogP contribution in [0, 0.1) is 0 Å². The minimum atomic E-state index is -0.396. The van der Waals surface area contributed by atoms with Gasteiger partial charge in [-0.3, -0.25) is 9.36 Å². The first kappa shape index (κ1) is 24.3. The summed E-state index contributed by atoms with van der Waals surface area (Å²) in [7, 11) is 3.07. The number of halogens is 1. The molecule has 0 radical (unpaired) electrons. The van der Waals surface area contributed by atoms with Crippen molar-refractivity contribution >= 4 is 11.6 Å². The molecule has 0 unspecified atom stereocenters. The predicted molar refractivity (Wildman–Crippen MR) is 135 cm³/mol. The lowest BCUT2D eigenvalue weighted by molar-refractivity contribution is 0.387. The summed E-state index contributed by atoms with van der Waals surface area (Å²) in [6, 6.07) is 14.4. The van der Waals surface area contributed by atoms with Gasteiger partial charge >= 0.3 is 0 Å². The van der Waals surface area contributed by atoms with Gasteiger partial charge in [-0.05, 0) is 48.9 Å². The van der Waals surface area contributed by atoms with Gasteiger partial charge in [-0.1, -0.05) is 31.0 Å². The second-order valence-corrected chi connectivity index (χ2v) is 8.43. The van der Waals surface area contributed by atoms with Gasteiger partial charge in [-0.15, -0.1) is 0 Å². The Labute approximate surface area is 208 Å². The molecule has 0 bridgehead atoms. The van der Waals surface area contributed by atoms with Gasteiger partial charge in [0.1, 0.15) is 23.0 Å². The first-order chi connectivity index (χ1) is 17.0. The van der Waals surface area contributed by atoms with E-state index in [0.29, 0.717) is 40.1 Å². The van der Waals surface area contributed by atoms with Gasteiger partial charge in [0, 0.05) is 24.1 Å². The van der Waals surface area contributed by atoms with Gasteiger partial charge in [-0.25, -0.2) is 4.68 Å². The second-order valence-electron chi connectivity index (χ2n) is 7.99. The Morgan fingerprint density at radius 3 is 2.34 bits per heavy atom.